The maximum absolute atomic E-state index is 10.8. The molecule has 0 atom stereocenters. The Morgan fingerprint density at radius 1 is 1.11 bits per heavy atom. The summed E-state index contributed by atoms with van der Waals surface area (Å²) in [6, 6.07) is 6.91. The number of benzene rings is 1. The molecule has 0 bridgehead atoms. The summed E-state index contributed by atoms with van der Waals surface area (Å²) < 4.78 is 41.8. The van der Waals surface area contributed by atoms with Gasteiger partial charge in [-0.1, -0.05) is 12.1 Å². The average Bonchev–Trinajstić information content (AvgIpc) is 2.38. The fourth-order valence-electron chi connectivity index (χ4n) is 1.25. The maximum Gasteiger partial charge on any atom is 0.264 e. The highest BCUT2D eigenvalue weighted by atomic mass is 32.2. The van der Waals surface area contributed by atoms with E-state index < -0.39 is 16.4 Å². The predicted octanol–water partition coefficient (Wildman–Crippen LogP) is 1.16. The van der Waals surface area contributed by atoms with Crippen LogP contribution < -0.4 is 4.74 Å². The number of hydrogen-bond donors (Lipinski definition) is 0. The summed E-state index contributed by atoms with van der Waals surface area (Å²) >= 11 is 0. The molecule has 0 aliphatic heterocycles. The van der Waals surface area contributed by atoms with Gasteiger partial charge >= 0.3 is 0 Å². The van der Waals surface area contributed by atoms with E-state index in [9.17, 15) is 8.42 Å². The lowest BCUT2D eigenvalue weighted by atomic mass is 10.2. The first-order valence-corrected chi connectivity index (χ1v) is 7.38. The maximum atomic E-state index is 10.8. The van der Waals surface area contributed by atoms with Crippen LogP contribution in [0.5, 0.6) is 5.75 Å². The summed E-state index contributed by atoms with van der Waals surface area (Å²) in [5, 5.41) is 0. The molecule has 108 valence electrons. The first kappa shape index (κ1) is 15.9. The Kier molecular flexibility index (Phi) is 6.23. The zero-order valence-electron chi connectivity index (χ0n) is 11.2. The number of methoxy groups -OCH3 is 2. The van der Waals surface area contributed by atoms with Crippen molar-refractivity contribution >= 4 is 10.1 Å². The summed E-state index contributed by atoms with van der Waals surface area (Å²) in [6.07, 6.45) is 0.591. The molecule has 0 spiro atoms. The number of ether oxygens (including phenoxy) is 3. The third-order valence-corrected chi connectivity index (χ3v) is 2.82. The minimum absolute atomic E-state index is 0.0118. The molecular formula is C12H18O6S. The Morgan fingerprint density at radius 3 is 2.16 bits per heavy atom. The second kappa shape index (κ2) is 7.44. The van der Waals surface area contributed by atoms with Gasteiger partial charge in [0, 0.05) is 14.2 Å². The summed E-state index contributed by atoms with van der Waals surface area (Å²) in [5.74, 6) is 0.641. The average molecular weight is 290 g/mol. The number of hydrogen-bond acceptors (Lipinski definition) is 6. The second-order valence-corrected chi connectivity index (χ2v) is 5.47. The fraction of sp³-hybridized carbons (Fsp3) is 0.500. The van der Waals surface area contributed by atoms with E-state index in [4.69, 9.17) is 14.2 Å². The van der Waals surface area contributed by atoms with Crippen LogP contribution in [-0.4, -0.2) is 41.8 Å². The van der Waals surface area contributed by atoms with Crippen molar-refractivity contribution in [2.45, 2.75) is 12.9 Å². The Morgan fingerprint density at radius 2 is 1.68 bits per heavy atom. The van der Waals surface area contributed by atoms with Gasteiger partial charge in [-0.15, -0.1) is 0 Å². The lowest BCUT2D eigenvalue weighted by Gasteiger charge is -2.14. The molecule has 0 unspecified atom stereocenters. The molecule has 0 radical (unpaired) electrons. The summed E-state index contributed by atoms with van der Waals surface area (Å²) in [5.41, 5.74) is 0.743. The molecule has 0 heterocycles. The molecule has 19 heavy (non-hydrogen) atoms. The van der Waals surface area contributed by atoms with Gasteiger partial charge in [0.1, 0.15) is 12.4 Å². The standard InChI is InChI=1S/C12H18O6S/c1-15-12(16-2)9-17-11-6-4-10(5-7-11)8-18-19(3,13)14/h4-7,12H,8-9H2,1-3H3. The van der Waals surface area contributed by atoms with E-state index in [2.05, 4.69) is 4.18 Å². The van der Waals surface area contributed by atoms with E-state index in [1.54, 1.807) is 24.3 Å². The summed E-state index contributed by atoms with van der Waals surface area (Å²) in [7, 11) is -0.363. The van der Waals surface area contributed by atoms with Crippen LogP contribution in [0.1, 0.15) is 5.56 Å². The second-order valence-electron chi connectivity index (χ2n) is 3.82. The Hall–Kier alpha value is -1.15. The minimum atomic E-state index is -3.42. The molecule has 0 saturated heterocycles. The molecule has 0 fully saturated rings. The van der Waals surface area contributed by atoms with Crippen LogP contribution in [-0.2, 0) is 30.4 Å². The highest BCUT2D eigenvalue weighted by Gasteiger charge is 2.06. The van der Waals surface area contributed by atoms with Gasteiger partial charge in [0.05, 0.1) is 12.9 Å². The van der Waals surface area contributed by atoms with Crippen molar-refractivity contribution in [1.82, 2.24) is 0 Å². The van der Waals surface area contributed by atoms with Gasteiger partial charge < -0.3 is 14.2 Å². The molecule has 0 amide bonds. The van der Waals surface area contributed by atoms with E-state index in [1.165, 1.54) is 14.2 Å². The van der Waals surface area contributed by atoms with Gasteiger partial charge in [-0.3, -0.25) is 4.18 Å². The third kappa shape index (κ3) is 6.53. The SMILES string of the molecule is COC(COc1ccc(COS(C)(=O)=O)cc1)OC. The van der Waals surface area contributed by atoms with Crippen molar-refractivity contribution < 1.29 is 26.8 Å². The van der Waals surface area contributed by atoms with Crippen LogP contribution in [0.3, 0.4) is 0 Å². The van der Waals surface area contributed by atoms with Crippen molar-refractivity contribution in [2.24, 2.45) is 0 Å². The molecule has 0 N–H and O–H groups in total. The zero-order valence-corrected chi connectivity index (χ0v) is 12.0. The highest BCUT2D eigenvalue weighted by molar-refractivity contribution is 7.85. The highest BCUT2D eigenvalue weighted by Crippen LogP contribution is 2.14. The van der Waals surface area contributed by atoms with Crippen LogP contribution in [0.4, 0.5) is 0 Å². The minimum Gasteiger partial charge on any atom is -0.488 e. The first-order valence-electron chi connectivity index (χ1n) is 5.56. The molecule has 6 nitrogen and oxygen atoms in total. The third-order valence-electron chi connectivity index (χ3n) is 2.27. The normalized spacial score (nSPS) is 11.8. The molecular weight excluding hydrogens is 272 g/mol. The van der Waals surface area contributed by atoms with Crippen molar-refractivity contribution in [2.75, 3.05) is 27.1 Å². The molecule has 0 saturated carbocycles. The van der Waals surface area contributed by atoms with Crippen molar-refractivity contribution in [3.8, 4) is 5.75 Å². The van der Waals surface area contributed by atoms with Crippen molar-refractivity contribution in [3.05, 3.63) is 29.8 Å². The molecule has 0 aliphatic rings. The molecule has 0 aliphatic carbocycles. The Balaban J connectivity index is 2.47. The van der Waals surface area contributed by atoms with Crippen LogP contribution in [0.15, 0.2) is 24.3 Å². The molecule has 0 aromatic heterocycles. The van der Waals surface area contributed by atoms with Gasteiger partial charge in [0.2, 0.25) is 0 Å². The predicted molar refractivity (Wildman–Crippen MR) is 69.4 cm³/mol. The Bertz CT molecular complexity index is 463. The molecule has 7 heteroatoms. The van der Waals surface area contributed by atoms with Crippen LogP contribution >= 0.6 is 0 Å². The fourth-order valence-corrected chi connectivity index (χ4v) is 1.60. The van der Waals surface area contributed by atoms with E-state index in [-0.39, 0.29) is 13.2 Å². The first-order chi connectivity index (χ1) is 8.94. The molecule has 1 aromatic carbocycles. The smallest absolute Gasteiger partial charge is 0.264 e. The van der Waals surface area contributed by atoms with Crippen molar-refractivity contribution in [1.29, 1.82) is 0 Å². The topological polar surface area (TPSA) is 71.1 Å². The zero-order chi connectivity index (χ0) is 14.3. The van der Waals surface area contributed by atoms with E-state index in [0.29, 0.717) is 5.75 Å². The van der Waals surface area contributed by atoms with Gasteiger partial charge in [-0.2, -0.15) is 8.42 Å². The van der Waals surface area contributed by atoms with Gasteiger partial charge in [0.15, 0.2) is 6.29 Å². The quantitative estimate of drug-likeness (QED) is 0.528. The summed E-state index contributed by atoms with van der Waals surface area (Å²) in [6.45, 7) is 0.282. The van der Waals surface area contributed by atoms with E-state index in [0.717, 1.165) is 11.8 Å². The van der Waals surface area contributed by atoms with Crippen LogP contribution in [0, 0.1) is 0 Å². The van der Waals surface area contributed by atoms with Gasteiger partial charge in [0.25, 0.3) is 10.1 Å². The van der Waals surface area contributed by atoms with Gasteiger partial charge in [-0.05, 0) is 17.7 Å². The van der Waals surface area contributed by atoms with Gasteiger partial charge in [-0.25, -0.2) is 0 Å². The van der Waals surface area contributed by atoms with E-state index in [1.807, 2.05) is 0 Å². The van der Waals surface area contributed by atoms with E-state index >= 15 is 0 Å². The monoisotopic (exact) mass is 290 g/mol. The molecule has 1 aromatic rings. The Labute approximate surface area is 113 Å². The van der Waals surface area contributed by atoms with Crippen LogP contribution in [0.2, 0.25) is 0 Å². The summed E-state index contributed by atoms with van der Waals surface area (Å²) in [4.78, 5) is 0. The van der Waals surface area contributed by atoms with Crippen LogP contribution in [0.25, 0.3) is 0 Å². The number of rotatable bonds is 8. The largest absolute Gasteiger partial charge is 0.488 e. The van der Waals surface area contributed by atoms with Crippen molar-refractivity contribution in [3.63, 3.8) is 0 Å². The lowest BCUT2D eigenvalue weighted by molar-refractivity contribution is -0.121. The lowest BCUT2D eigenvalue weighted by Crippen LogP contribution is -2.21. The molecule has 1 rings (SSSR count).